The molecule has 0 unspecified atom stereocenters. The molecule has 0 saturated carbocycles. The van der Waals surface area contributed by atoms with Crippen molar-refractivity contribution in [1.29, 1.82) is 0 Å². The zero-order valence-electron chi connectivity index (χ0n) is 14.8. The minimum Gasteiger partial charge on any atom is -0.321 e. The molecule has 29 heavy (non-hydrogen) atoms. The lowest BCUT2D eigenvalue weighted by atomic mass is 10.1. The third kappa shape index (κ3) is 4.44. The number of fused-ring (bicyclic) bond motifs is 1. The van der Waals surface area contributed by atoms with Gasteiger partial charge in [0.1, 0.15) is 16.5 Å². The van der Waals surface area contributed by atoms with E-state index >= 15 is 0 Å². The van der Waals surface area contributed by atoms with E-state index in [1.807, 2.05) is 0 Å². The van der Waals surface area contributed by atoms with Crippen molar-refractivity contribution in [3.8, 4) is 0 Å². The summed E-state index contributed by atoms with van der Waals surface area (Å²) in [5, 5.41) is 13.6. The Labute approximate surface area is 173 Å². The van der Waals surface area contributed by atoms with Gasteiger partial charge in [0.25, 0.3) is 5.91 Å². The first-order chi connectivity index (χ1) is 14.0. The van der Waals surface area contributed by atoms with Crippen LogP contribution < -0.4 is 10.6 Å². The second-order valence-electron chi connectivity index (χ2n) is 6.24. The van der Waals surface area contributed by atoms with Gasteiger partial charge in [0.05, 0.1) is 16.7 Å². The van der Waals surface area contributed by atoms with Crippen LogP contribution in [-0.4, -0.2) is 22.0 Å². The number of nitrogens with zero attached hydrogens (tertiary/aromatic N) is 1. The van der Waals surface area contributed by atoms with Crippen LogP contribution in [-0.2, 0) is 11.2 Å². The van der Waals surface area contributed by atoms with Crippen molar-refractivity contribution in [2.24, 2.45) is 0 Å². The minimum atomic E-state index is -0.435. The highest BCUT2D eigenvalue weighted by atomic mass is 35.5. The summed E-state index contributed by atoms with van der Waals surface area (Å²) >= 11 is 7.02. The molecule has 4 rings (SSSR count). The maximum atomic E-state index is 13.3. The van der Waals surface area contributed by atoms with E-state index in [9.17, 15) is 14.0 Å². The van der Waals surface area contributed by atoms with Crippen molar-refractivity contribution >= 4 is 56.5 Å². The van der Waals surface area contributed by atoms with Gasteiger partial charge in [-0.05, 0) is 42.0 Å². The lowest BCUT2D eigenvalue weighted by molar-refractivity contribution is -0.115. The molecule has 2 aromatic carbocycles. The van der Waals surface area contributed by atoms with E-state index in [4.69, 9.17) is 11.6 Å². The number of nitrogens with one attached hydrogen (secondary N) is 3. The number of amides is 2. The second-order valence-corrected chi connectivity index (χ2v) is 7.71. The monoisotopic (exact) mass is 428 g/mol. The Morgan fingerprint density at radius 3 is 2.66 bits per heavy atom. The molecule has 0 atom stereocenters. The number of hydrogen-bond donors (Lipinski definition) is 3. The number of carbonyl (C=O) groups is 2. The van der Waals surface area contributed by atoms with Gasteiger partial charge in [-0.3, -0.25) is 14.7 Å². The lowest BCUT2D eigenvalue weighted by Gasteiger charge is -2.04. The van der Waals surface area contributed by atoms with Gasteiger partial charge in [-0.25, -0.2) is 4.39 Å². The van der Waals surface area contributed by atoms with E-state index in [1.54, 1.807) is 36.4 Å². The molecule has 0 saturated heterocycles. The molecule has 0 bridgehead atoms. The van der Waals surface area contributed by atoms with Crippen molar-refractivity contribution in [1.82, 2.24) is 10.2 Å². The van der Waals surface area contributed by atoms with Crippen LogP contribution in [0.15, 0.2) is 54.6 Å². The van der Waals surface area contributed by atoms with Crippen LogP contribution in [0.5, 0.6) is 0 Å². The summed E-state index contributed by atoms with van der Waals surface area (Å²) in [6.07, 6.45) is 0.175. The quantitative estimate of drug-likeness (QED) is 0.424. The molecule has 0 aliphatic carbocycles. The summed E-state index contributed by atoms with van der Waals surface area (Å²) in [4.78, 5) is 25.7. The Hall–Kier alpha value is -3.23. The summed E-state index contributed by atoms with van der Waals surface area (Å²) in [6, 6.07) is 14.3. The molecule has 2 amide bonds. The summed E-state index contributed by atoms with van der Waals surface area (Å²) in [7, 11) is 0. The maximum absolute atomic E-state index is 13.3. The predicted octanol–water partition coefficient (Wildman–Crippen LogP) is 4.85. The van der Waals surface area contributed by atoms with Crippen LogP contribution in [0, 0.1) is 5.82 Å². The molecule has 3 N–H and O–H groups in total. The van der Waals surface area contributed by atoms with Crippen LogP contribution in [0.25, 0.3) is 10.2 Å². The summed E-state index contributed by atoms with van der Waals surface area (Å²) < 4.78 is 13.3. The average molecular weight is 429 g/mol. The van der Waals surface area contributed by atoms with Crippen molar-refractivity contribution in [2.75, 3.05) is 10.6 Å². The van der Waals surface area contributed by atoms with Crippen molar-refractivity contribution in [3.05, 3.63) is 75.9 Å². The van der Waals surface area contributed by atoms with Crippen LogP contribution in [0.1, 0.15) is 15.2 Å². The third-order valence-electron chi connectivity index (χ3n) is 4.10. The summed E-state index contributed by atoms with van der Waals surface area (Å²) in [5.41, 5.74) is 1.18. The van der Waals surface area contributed by atoms with Gasteiger partial charge in [-0.15, -0.1) is 11.3 Å². The molecule has 2 aromatic heterocycles. The highest BCUT2D eigenvalue weighted by molar-refractivity contribution is 7.20. The molecule has 0 spiro atoms. The number of thiophene rings is 1. The van der Waals surface area contributed by atoms with Gasteiger partial charge < -0.3 is 10.6 Å². The minimum absolute atomic E-state index is 0.175. The molecule has 6 nitrogen and oxygen atoms in total. The Morgan fingerprint density at radius 1 is 1.10 bits per heavy atom. The number of aromatic nitrogens is 2. The van der Waals surface area contributed by atoms with Crippen LogP contribution in [0.3, 0.4) is 0 Å². The lowest BCUT2D eigenvalue weighted by Crippen LogP contribution is -2.14. The number of benzene rings is 2. The van der Waals surface area contributed by atoms with E-state index in [0.29, 0.717) is 31.6 Å². The van der Waals surface area contributed by atoms with E-state index in [0.717, 1.165) is 5.56 Å². The largest absolute Gasteiger partial charge is 0.321 e. The average Bonchev–Trinajstić information content (AvgIpc) is 3.26. The SMILES string of the molecule is O=C(Cc1ccc(Cl)cc1)Nc1[nH]nc2sc(C(=O)Nc3cccc(F)c3)cc12. The molecule has 146 valence electrons. The zero-order chi connectivity index (χ0) is 20.4. The molecule has 0 aliphatic heterocycles. The first-order valence-corrected chi connectivity index (χ1v) is 9.76. The Bertz CT molecular complexity index is 1200. The predicted molar refractivity (Wildman–Crippen MR) is 112 cm³/mol. The number of aromatic amines is 1. The second kappa shape index (κ2) is 8.02. The molecular weight excluding hydrogens is 415 g/mol. The van der Waals surface area contributed by atoms with E-state index < -0.39 is 5.82 Å². The van der Waals surface area contributed by atoms with Gasteiger partial charge in [0, 0.05) is 10.7 Å². The number of halogens is 2. The van der Waals surface area contributed by atoms with E-state index in [-0.39, 0.29) is 18.2 Å². The fourth-order valence-corrected chi connectivity index (χ4v) is 3.76. The number of H-pyrrole nitrogens is 1. The van der Waals surface area contributed by atoms with Crippen molar-refractivity contribution in [3.63, 3.8) is 0 Å². The molecule has 0 radical (unpaired) electrons. The highest BCUT2D eigenvalue weighted by Gasteiger charge is 2.17. The Balaban J connectivity index is 1.47. The van der Waals surface area contributed by atoms with Crippen LogP contribution in [0.4, 0.5) is 15.9 Å². The Kier molecular flexibility index (Phi) is 5.28. The highest BCUT2D eigenvalue weighted by Crippen LogP contribution is 2.30. The number of anilines is 2. The van der Waals surface area contributed by atoms with E-state index in [2.05, 4.69) is 20.8 Å². The molecule has 9 heteroatoms. The van der Waals surface area contributed by atoms with Crippen molar-refractivity contribution < 1.29 is 14.0 Å². The normalized spacial score (nSPS) is 10.8. The first-order valence-electron chi connectivity index (χ1n) is 8.57. The summed E-state index contributed by atoms with van der Waals surface area (Å²) in [6.45, 7) is 0. The first kappa shape index (κ1) is 19.1. The van der Waals surface area contributed by atoms with Gasteiger partial charge in [-0.1, -0.05) is 29.8 Å². The fourth-order valence-electron chi connectivity index (χ4n) is 2.75. The van der Waals surface area contributed by atoms with Gasteiger partial charge in [0.15, 0.2) is 0 Å². The van der Waals surface area contributed by atoms with Crippen LogP contribution in [0.2, 0.25) is 5.02 Å². The topological polar surface area (TPSA) is 86.9 Å². The van der Waals surface area contributed by atoms with E-state index in [1.165, 1.54) is 29.5 Å². The van der Waals surface area contributed by atoms with Crippen LogP contribution >= 0.6 is 22.9 Å². The fraction of sp³-hybridized carbons (Fsp3) is 0.0500. The molecule has 0 aliphatic rings. The molecule has 2 heterocycles. The van der Waals surface area contributed by atoms with Crippen molar-refractivity contribution in [2.45, 2.75) is 6.42 Å². The van der Waals surface area contributed by atoms with Gasteiger partial charge in [-0.2, -0.15) is 5.10 Å². The standard InChI is InChI=1S/C20H14ClFN4O2S/c21-12-6-4-11(5-7-12)8-17(27)24-18-15-10-16(29-20(15)26-25-18)19(28)23-14-3-1-2-13(22)9-14/h1-7,9-10H,8H2,(H,23,28)(H2,24,25,26,27). The zero-order valence-corrected chi connectivity index (χ0v) is 16.4. The third-order valence-corrected chi connectivity index (χ3v) is 5.38. The smallest absolute Gasteiger partial charge is 0.265 e. The number of carbonyl (C=O) groups excluding carboxylic acids is 2. The molecule has 0 fully saturated rings. The number of hydrogen-bond acceptors (Lipinski definition) is 4. The Morgan fingerprint density at radius 2 is 1.90 bits per heavy atom. The van der Waals surface area contributed by atoms with Gasteiger partial charge in [0.2, 0.25) is 5.91 Å². The summed E-state index contributed by atoms with van der Waals surface area (Å²) in [5.74, 6) is -0.624. The number of rotatable bonds is 5. The molecule has 4 aromatic rings. The maximum Gasteiger partial charge on any atom is 0.265 e. The molecular formula is C20H14ClFN4O2S. The van der Waals surface area contributed by atoms with Gasteiger partial charge >= 0.3 is 0 Å².